The lowest BCUT2D eigenvalue weighted by atomic mass is 10.2. The number of carbonyl (C=O) groups excluding carboxylic acids is 6. The Kier molecular flexibility index (Phi) is 16.3. The first-order valence-electron chi connectivity index (χ1n) is 12.2. The van der Waals surface area contributed by atoms with Crippen molar-refractivity contribution in [2.75, 3.05) is 50.4 Å². The molecule has 1 aromatic rings. The van der Waals surface area contributed by atoms with Crippen LogP contribution in [0, 0.1) is 0 Å². The quantitative estimate of drug-likeness (QED) is 0.0441. The van der Waals surface area contributed by atoms with E-state index >= 15 is 0 Å². The van der Waals surface area contributed by atoms with Crippen LogP contribution in [0.25, 0.3) is 0 Å². The number of rotatable bonds is 17. The van der Waals surface area contributed by atoms with Crippen LogP contribution in [0.4, 0.5) is 0 Å². The van der Waals surface area contributed by atoms with Crippen molar-refractivity contribution in [1.29, 1.82) is 0 Å². The third-order valence-corrected chi connectivity index (χ3v) is 9.68. The van der Waals surface area contributed by atoms with Crippen molar-refractivity contribution in [2.45, 2.75) is 24.2 Å². The molecular formula is C22H31N5O10S6. The van der Waals surface area contributed by atoms with Crippen LogP contribution in [0.15, 0.2) is 0 Å². The second-order valence-electron chi connectivity index (χ2n) is 8.31. The molecule has 6 N–H and O–H groups in total. The number of thiol groups is 3. The second-order valence-corrected chi connectivity index (χ2v) is 12.7. The number of amides is 2. The first-order chi connectivity index (χ1) is 20.5. The number of hydrogen-bond donors (Lipinski definition) is 8. The Balaban J connectivity index is 2.21. The Morgan fingerprint density at radius 3 is 1.84 bits per heavy atom. The zero-order chi connectivity index (χ0) is 32.1. The van der Waals surface area contributed by atoms with E-state index < -0.39 is 53.0 Å². The molecule has 2 heterocycles. The summed E-state index contributed by atoms with van der Waals surface area (Å²) < 4.78 is 23.5. The molecule has 21 heteroatoms. The molecule has 0 radical (unpaired) electrons. The van der Waals surface area contributed by atoms with Gasteiger partial charge in [0.05, 0.1) is 26.3 Å². The number of aromatic amines is 1. The summed E-state index contributed by atoms with van der Waals surface area (Å²) in [5.41, 5.74) is 5.19. The van der Waals surface area contributed by atoms with E-state index in [9.17, 15) is 28.8 Å². The molecule has 2 amide bonds. The van der Waals surface area contributed by atoms with E-state index in [1.807, 2.05) is 0 Å². The Bertz CT molecular complexity index is 1190. The van der Waals surface area contributed by atoms with Crippen molar-refractivity contribution in [3.8, 4) is 11.5 Å². The maximum Gasteiger partial charge on any atom is 0.329 e. The molecule has 0 aromatic carbocycles. The summed E-state index contributed by atoms with van der Waals surface area (Å²) in [5.74, 6) is -3.19. The molecule has 0 bridgehead atoms. The minimum atomic E-state index is -1.19. The van der Waals surface area contributed by atoms with Gasteiger partial charge in [0.1, 0.15) is 25.3 Å². The molecule has 1 aliphatic rings. The molecule has 1 aromatic heterocycles. The highest BCUT2D eigenvalue weighted by atomic mass is 33.1. The summed E-state index contributed by atoms with van der Waals surface area (Å²) in [6.07, 6.45) is 0. The first-order valence-corrected chi connectivity index (χ1v) is 17.2. The zero-order valence-corrected chi connectivity index (χ0v) is 27.9. The van der Waals surface area contributed by atoms with Gasteiger partial charge in [-0.3, -0.25) is 23.9 Å². The molecule has 0 saturated heterocycles. The lowest BCUT2D eigenvalue weighted by molar-refractivity contribution is -0.143. The van der Waals surface area contributed by atoms with E-state index in [0.29, 0.717) is 0 Å². The number of H-pyrrole nitrogens is 1. The largest absolute Gasteiger partial charge is 0.484 e. The molecule has 0 saturated carbocycles. The van der Waals surface area contributed by atoms with Gasteiger partial charge in [-0.05, 0) is 10.8 Å². The number of hydrogen-bond acceptors (Lipinski definition) is 17. The van der Waals surface area contributed by atoms with Gasteiger partial charge < -0.3 is 40.3 Å². The number of methoxy groups -OCH3 is 2. The van der Waals surface area contributed by atoms with Gasteiger partial charge in [0.15, 0.2) is 22.9 Å². The molecule has 15 nitrogen and oxygen atoms in total. The van der Waals surface area contributed by atoms with Crippen LogP contribution >= 0.6 is 71.4 Å². The van der Waals surface area contributed by atoms with E-state index in [1.165, 1.54) is 0 Å². The molecule has 4 atom stereocenters. The summed E-state index contributed by atoms with van der Waals surface area (Å²) in [5, 5.41) is 4.19. The van der Waals surface area contributed by atoms with E-state index in [4.69, 9.17) is 24.7 Å². The van der Waals surface area contributed by atoms with Crippen molar-refractivity contribution in [2.24, 2.45) is 5.73 Å². The maximum absolute atomic E-state index is 13.3. The van der Waals surface area contributed by atoms with Crippen molar-refractivity contribution in [1.82, 2.24) is 20.3 Å². The average Bonchev–Trinajstić information content (AvgIpc) is 3.40. The summed E-state index contributed by atoms with van der Waals surface area (Å²) in [6.45, 7) is 0.131. The van der Waals surface area contributed by atoms with E-state index in [-0.39, 0.29) is 64.2 Å². The fraction of sp³-hybridized carbons (Fsp3) is 0.545. The highest BCUT2D eigenvalue weighted by Crippen LogP contribution is 2.38. The predicted octanol–water partition coefficient (Wildman–Crippen LogP) is -0.514. The number of esters is 2. The molecule has 1 aliphatic heterocycles. The monoisotopic (exact) mass is 717 g/mol. The van der Waals surface area contributed by atoms with Crippen molar-refractivity contribution >= 4 is 105 Å². The Morgan fingerprint density at radius 1 is 0.884 bits per heavy atom. The third-order valence-electron chi connectivity index (χ3n) is 5.35. The molecule has 2 unspecified atom stereocenters. The van der Waals surface area contributed by atoms with Crippen LogP contribution in [0.5, 0.6) is 11.5 Å². The molecule has 0 aliphatic carbocycles. The van der Waals surface area contributed by atoms with Crippen LogP contribution < -0.4 is 30.6 Å². The van der Waals surface area contributed by atoms with Crippen LogP contribution in [-0.4, -0.2) is 114 Å². The van der Waals surface area contributed by atoms with Crippen molar-refractivity contribution < 1.29 is 47.7 Å². The fourth-order valence-electron chi connectivity index (χ4n) is 3.13. The molecule has 43 heavy (non-hydrogen) atoms. The van der Waals surface area contributed by atoms with Gasteiger partial charge in [0.2, 0.25) is 10.2 Å². The Hall–Kier alpha value is -1.88. The summed E-state index contributed by atoms with van der Waals surface area (Å²) in [6, 6.07) is -3.86. The van der Waals surface area contributed by atoms with Crippen molar-refractivity contribution in [3.63, 3.8) is 0 Å². The van der Waals surface area contributed by atoms with Gasteiger partial charge in [0, 0.05) is 23.0 Å². The van der Waals surface area contributed by atoms with Gasteiger partial charge >= 0.3 is 11.9 Å². The van der Waals surface area contributed by atoms with Crippen LogP contribution in [0.1, 0.15) is 21.0 Å². The topological polar surface area (TPSA) is 217 Å². The predicted molar refractivity (Wildman–Crippen MR) is 172 cm³/mol. The fourth-order valence-corrected chi connectivity index (χ4v) is 7.13. The number of carbonyl (C=O) groups is 6. The smallest absolute Gasteiger partial charge is 0.329 e. The first kappa shape index (κ1) is 37.3. The molecule has 2 rings (SSSR count). The van der Waals surface area contributed by atoms with Crippen LogP contribution in [0.3, 0.4) is 0 Å². The normalized spacial score (nSPS) is 14.9. The minimum absolute atomic E-state index is 0.0464. The molecular weight excluding hydrogens is 687 g/mol. The van der Waals surface area contributed by atoms with Crippen LogP contribution in [-0.2, 0) is 28.7 Å². The van der Waals surface area contributed by atoms with E-state index in [0.717, 1.165) is 47.8 Å². The Morgan fingerprint density at radius 2 is 1.40 bits per heavy atom. The maximum atomic E-state index is 13.3. The van der Waals surface area contributed by atoms with Gasteiger partial charge in [-0.25, -0.2) is 9.59 Å². The standard InChI is InChI=1S/C22H31N5O10S6/c1-34-19(30)11(7-41-27-10(6-39)21(32)40)24-17(28)13-15-16(37-4-3-36-15)14(26-13)18(29)25-12(20(31)35-2)8-42-43-22(33)9(23)5-38/h9-12,26-27,38-39H,3-8,23H2,1-2H3,(H,24,28)(H,25,29)(H,32,40)/t9-,10-,11?,12?/m0/s1. The van der Waals surface area contributed by atoms with Gasteiger partial charge in [-0.2, -0.15) is 25.3 Å². The molecule has 0 fully saturated rings. The lowest BCUT2D eigenvalue weighted by Crippen LogP contribution is -2.45. The SMILES string of the molecule is COC(=O)C(CSN[C@@H](CS)C(=O)S)NC(=O)c1[nH]c(C(=O)NC(CSSC(=O)[C@@H](N)CS)C(=O)OC)c2c1OCCO2. The number of fused-ring (bicyclic) bond motifs is 1. The second kappa shape index (κ2) is 18.8. The third kappa shape index (κ3) is 10.9. The number of nitrogens with one attached hydrogen (secondary N) is 4. The number of aromatic nitrogens is 1. The van der Waals surface area contributed by atoms with E-state index in [2.05, 4.69) is 58.2 Å². The van der Waals surface area contributed by atoms with Crippen LogP contribution in [0.2, 0.25) is 0 Å². The molecule has 240 valence electrons. The van der Waals surface area contributed by atoms with Gasteiger partial charge in [-0.1, -0.05) is 22.7 Å². The van der Waals surface area contributed by atoms with Gasteiger partial charge in [-0.15, -0.1) is 12.6 Å². The summed E-state index contributed by atoms with van der Waals surface area (Å²) >= 11 is 12.8. The summed E-state index contributed by atoms with van der Waals surface area (Å²) in [4.78, 5) is 77.4. The van der Waals surface area contributed by atoms with Gasteiger partial charge in [0.25, 0.3) is 11.8 Å². The number of nitrogens with two attached hydrogens (primary N) is 1. The highest BCUT2D eigenvalue weighted by Gasteiger charge is 2.34. The van der Waals surface area contributed by atoms with Crippen molar-refractivity contribution in [3.05, 3.63) is 11.4 Å². The Labute approximate surface area is 275 Å². The summed E-state index contributed by atoms with van der Waals surface area (Å²) in [7, 11) is 4.07. The number of ether oxygens (including phenoxy) is 4. The molecule has 0 spiro atoms. The lowest BCUT2D eigenvalue weighted by Gasteiger charge is -2.19. The highest BCUT2D eigenvalue weighted by molar-refractivity contribution is 8.82. The average molecular weight is 718 g/mol. The minimum Gasteiger partial charge on any atom is -0.484 e. The van der Waals surface area contributed by atoms with E-state index in [1.54, 1.807) is 0 Å². The zero-order valence-electron chi connectivity index (χ0n) is 22.8.